The summed E-state index contributed by atoms with van der Waals surface area (Å²) in [6.45, 7) is 4.37. The van der Waals surface area contributed by atoms with E-state index in [1.165, 1.54) is 0 Å². The van der Waals surface area contributed by atoms with Gasteiger partial charge in [-0.1, -0.05) is 12.1 Å². The summed E-state index contributed by atoms with van der Waals surface area (Å²) in [5.41, 5.74) is 2.09. The summed E-state index contributed by atoms with van der Waals surface area (Å²) < 4.78 is 2.17. The van der Waals surface area contributed by atoms with Crippen molar-refractivity contribution >= 4 is 23.0 Å². The Morgan fingerprint density at radius 2 is 2.25 bits per heavy atom. The number of imidazole rings is 1. The quantitative estimate of drug-likeness (QED) is 0.932. The molecule has 1 atom stereocenters. The van der Waals surface area contributed by atoms with E-state index in [0.717, 1.165) is 42.9 Å². The van der Waals surface area contributed by atoms with Crippen LogP contribution in [0.4, 0.5) is 5.95 Å². The topological polar surface area (TPSA) is 58.4 Å². The number of aryl methyl sites for hydroxylation is 1. The number of rotatable bonds is 3. The van der Waals surface area contributed by atoms with Crippen molar-refractivity contribution in [3.8, 4) is 0 Å². The first-order chi connectivity index (χ1) is 9.70. The zero-order chi connectivity index (χ0) is 14.1. The molecule has 106 valence electrons. The van der Waals surface area contributed by atoms with Crippen molar-refractivity contribution in [2.24, 2.45) is 5.92 Å². The summed E-state index contributed by atoms with van der Waals surface area (Å²) in [6, 6.07) is 8.06. The van der Waals surface area contributed by atoms with Gasteiger partial charge in [0.25, 0.3) is 0 Å². The molecule has 20 heavy (non-hydrogen) atoms. The number of benzene rings is 1. The van der Waals surface area contributed by atoms with Crippen molar-refractivity contribution in [1.29, 1.82) is 0 Å². The number of hydrogen-bond donors (Lipinski definition) is 1. The van der Waals surface area contributed by atoms with Crippen LogP contribution in [0.15, 0.2) is 24.3 Å². The Labute approximate surface area is 117 Å². The number of hydrogen-bond acceptors (Lipinski definition) is 3. The summed E-state index contributed by atoms with van der Waals surface area (Å²) in [5.74, 6) is -0.0811. The minimum absolute atomic E-state index is 0.283. The Balaban J connectivity index is 1.98. The van der Waals surface area contributed by atoms with E-state index in [1.54, 1.807) is 0 Å². The number of fused-ring (bicyclic) bond motifs is 1. The molecule has 5 nitrogen and oxygen atoms in total. The summed E-state index contributed by atoms with van der Waals surface area (Å²) in [5, 5.41) is 9.22. The fraction of sp³-hybridized carbons (Fsp3) is 0.467. The fourth-order valence-corrected chi connectivity index (χ4v) is 2.98. The minimum atomic E-state index is -0.700. The molecule has 2 aromatic rings. The van der Waals surface area contributed by atoms with Crippen LogP contribution in [0.25, 0.3) is 11.0 Å². The van der Waals surface area contributed by atoms with E-state index in [9.17, 15) is 9.90 Å². The maximum Gasteiger partial charge on any atom is 0.308 e. The molecule has 1 aromatic carbocycles. The molecular weight excluding hydrogens is 254 g/mol. The molecule has 1 aliphatic heterocycles. The Hall–Kier alpha value is -2.04. The second-order valence-electron chi connectivity index (χ2n) is 5.27. The third kappa shape index (κ3) is 2.13. The van der Waals surface area contributed by atoms with Gasteiger partial charge in [-0.2, -0.15) is 0 Å². The molecule has 0 aliphatic carbocycles. The highest BCUT2D eigenvalue weighted by molar-refractivity contribution is 5.79. The number of piperidine rings is 1. The number of para-hydroxylation sites is 2. The van der Waals surface area contributed by atoms with Gasteiger partial charge in [-0.05, 0) is 31.9 Å². The Morgan fingerprint density at radius 1 is 1.45 bits per heavy atom. The van der Waals surface area contributed by atoms with Crippen LogP contribution in [-0.4, -0.2) is 33.7 Å². The average molecular weight is 273 g/mol. The predicted octanol–water partition coefficient (Wildman–Crippen LogP) is 2.36. The highest BCUT2D eigenvalue weighted by Gasteiger charge is 2.28. The molecule has 0 spiro atoms. The molecule has 5 heteroatoms. The van der Waals surface area contributed by atoms with Crippen molar-refractivity contribution in [2.75, 3.05) is 18.0 Å². The van der Waals surface area contributed by atoms with Crippen molar-refractivity contribution in [3.63, 3.8) is 0 Å². The zero-order valence-electron chi connectivity index (χ0n) is 11.6. The lowest BCUT2D eigenvalue weighted by molar-refractivity contribution is -0.141. The maximum atomic E-state index is 11.2. The molecule has 1 fully saturated rings. The molecule has 0 radical (unpaired) electrons. The molecule has 1 aromatic heterocycles. The molecule has 0 saturated carbocycles. The minimum Gasteiger partial charge on any atom is -0.481 e. The van der Waals surface area contributed by atoms with Crippen LogP contribution >= 0.6 is 0 Å². The van der Waals surface area contributed by atoms with Gasteiger partial charge in [0.05, 0.1) is 17.0 Å². The standard InChI is InChI=1S/C15H19N3O2/c1-2-18-13-8-4-3-7-12(13)16-15(18)17-9-5-6-11(10-17)14(19)20/h3-4,7-8,11H,2,5-6,9-10H2,1H3,(H,19,20). The summed E-state index contributed by atoms with van der Waals surface area (Å²) in [7, 11) is 0. The van der Waals surface area contributed by atoms with Crippen molar-refractivity contribution in [3.05, 3.63) is 24.3 Å². The van der Waals surface area contributed by atoms with Gasteiger partial charge in [0.15, 0.2) is 0 Å². The van der Waals surface area contributed by atoms with Gasteiger partial charge in [-0.25, -0.2) is 4.98 Å². The molecule has 1 unspecified atom stereocenters. The van der Waals surface area contributed by atoms with Crippen LogP contribution in [0.3, 0.4) is 0 Å². The lowest BCUT2D eigenvalue weighted by Crippen LogP contribution is -2.40. The average Bonchev–Trinajstić information content (AvgIpc) is 2.86. The van der Waals surface area contributed by atoms with E-state index in [-0.39, 0.29) is 5.92 Å². The molecular formula is C15H19N3O2. The largest absolute Gasteiger partial charge is 0.481 e. The summed E-state index contributed by atoms with van der Waals surface area (Å²) in [4.78, 5) is 18.0. The van der Waals surface area contributed by atoms with Crippen LogP contribution in [0.1, 0.15) is 19.8 Å². The van der Waals surface area contributed by atoms with E-state index in [2.05, 4.69) is 22.5 Å². The lowest BCUT2D eigenvalue weighted by atomic mass is 9.99. The number of carboxylic acid groups (broad SMARTS) is 1. The second-order valence-corrected chi connectivity index (χ2v) is 5.27. The highest BCUT2D eigenvalue weighted by Crippen LogP contribution is 2.26. The summed E-state index contributed by atoms with van der Waals surface area (Å²) >= 11 is 0. The second kappa shape index (κ2) is 5.15. The predicted molar refractivity (Wildman–Crippen MR) is 78.0 cm³/mol. The van der Waals surface area contributed by atoms with Crippen molar-refractivity contribution < 1.29 is 9.90 Å². The molecule has 0 amide bonds. The smallest absolute Gasteiger partial charge is 0.308 e. The number of aliphatic carboxylic acids is 1. The van der Waals surface area contributed by atoms with Gasteiger partial charge in [0.2, 0.25) is 5.95 Å². The first kappa shape index (κ1) is 13.0. The Kier molecular flexibility index (Phi) is 3.34. The summed E-state index contributed by atoms with van der Waals surface area (Å²) in [6.07, 6.45) is 1.67. The third-order valence-electron chi connectivity index (χ3n) is 4.00. The number of carbonyl (C=O) groups is 1. The van der Waals surface area contributed by atoms with Gasteiger partial charge in [0.1, 0.15) is 0 Å². The highest BCUT2D eigenvalue weighted by atomic mass is 16.4. The molecule has 1 N–H and O–H groups in total. The van der Waals surface area contributed by atoms with E-state index in [4.69, 9.17) is 4.98 Å². The van der Waals surface area contributed by atoms with Crippen LogP contribution in [-0.2, 0) is 11.3 Å². The fourth-order valence-electron chi connectivity index (χ4n) is 2.98. The third-order valence-corrected chi connectivity index (χ3v) is 4.00. The van der Waals surface area contributed by atoms with Crippen molar-refractivity contribution in [2.45, 2.75) is 26.3 Å². The van der Waals surface area contributed by atoms with Gasteiger partial charge < -0.3 is 14.6 Å². The molecule has 1 aliphatic rings. The molecule has 3 rings (SSSR count). The van der Waals surface area contributed by atoms with Gasteiger partial charge >= 0.3 is 5.97 Å². The van der Waals surface area contributed by atoms with Crippen LogP contribution in [0.5, 0.6) is 0 Å². The molecule has 0 bridgehead atoms. The zero-order valence-corrected chi connectivity index (χ0v) is 11.6. The maximum absolute atomic E-state index is 11.2. The number of anilines is 1. The van der Waals surface area contributed by atoms with Gasteiger partial charge in [0, 0.05) is 19.6 Å². The van der Waals surface area contributed by atoms with E-state index >= 15 is 0 Å². The number of aromatic nitrogens is 2. The van der Waals surface area contributed by atoms with E-state index in [1.807, 2.05) is 18.2 Å². The van der Waals surface area contributed by atoms with Gasteiger partial charge in [-0.15, -0.1) is 0 Å². The SMILES string of the molecule is CCn1c(N2CCCC(C(=O)O)C2)nc2ccccc21. The lowest BCUT2D eigenvalue weighted by Gasteiger charge is -2.31. The van der Waals surface area contributed by atoms with Crippen LogP contribution in [0, 0.1) is 5.92 Å². The normalized spacial score (nSPS) is 19.4. The van der Waals surface area contributed by atoms with Crippen LogP contribution < -0.4 is 4.90 Å². The van der Waals surface area contributed by atoms with E-state index in [0.29, 0.717) is 6.54 Å². The van der Waals surface area contributed by atoms with Gasteiger partial charge in [-0.3, -0.25) is 4.79 Å². The Morgan fingerprint density at radius 3 is 3.00 bits per heavy atom. The van der Waals surface area contributed by atoms with Crippen LogP contribution in [0.2, 0.25) is 0 Å². The Bertz CT molecular complexity index is 635. The molecule has 2 heterocycles. The first-order valence-corrected chi connectivity index (χ1v) is 7.13. The number of nitrogens with zero attached hydrogens (tertiary/aromatic N) is 3. The number of carboxylic acids is 1. The molecule has 1 saturated heterocycles. The van der Waals surface area contributed by atoms with E-state index < -0.39 is 5.97 Å². The first-order valence-electron chi connectivity index (χ1n) is 7.13. The monoisotopic (exact) mass is 273 g/mol. The van der Waals surface area contributed by atoms with Crippen molar-refractivity contribution in [1.82, 2.24) is 9.55 Å².